The Labute approximate surface area is 197 Å². The van der Waals surface area contributed by atoms with Gasteiger partial charge in [0.25, 0.3) is 16.5 Å². The van der Waals surface area contributed by atoms with Crippen LogP contribution in [0.25, 0.3) is 0 Å². The Bertz CT molecular complexity index is 1530. The summed E-state index contributed by atoms with van der Waals surface area (Å²) < 4.78 is 54.6. The molecule has 0 bridgehead atoms. The number of nitro groups is 1. The molecular formula is C23H15F2N3O6S. The first-order valence-corrected chi connectivity index (χ1v) is 11.9. The van der Waals surface area contributed by atoms with Crippen LogP contribution in [-0.2, 0) is 30.8 Å². The van der Waals surface area contributed by atoms with Crippen molar-refractivity contribution in [3.05, 3.63) is 99.6 Å². The van der Waals surface area contributed by atoms with Crippen molar-refractivity contribution >= 4 is 38.7 Å². The van der Waals surface area contributed by atoms with Crippen molar-refractivity contribution in [2.24, 2.45) is 0 Å². The van der Waals surface area contributed by atoms with Crippen LogP contribution < -0.4 is 9.80 Å². The molecule has 1 unspecified atom stereocenters. The summed E-state index contributed by atoms with van der Waals surface area (Å²) in [5.41, 5.74) is 0.239. The highest BCUT2D eigenvalue weighted by molar-refractivity contribution is 7.94. The highest BCUT2D eigenvalue weighted by atomic mass is 32.2. The summed E-state index contributed by atoms with van der Waals surface area (Å²) in [6.45, 7) is -0.148. The highest BCUT2D eigenvalue weighted by Gasteiger charge is 2.69. The zero-order valence-electron chi connectivity index (χ0n) is 17.7. The van der Waals surface area contributed by atoms with Crippen LogP contribution in [0.1, 0.15) is 11.1 Å². The maximum absolute atomic E-state index is 14.1. The average Bonchev–Trinajstić information content (AvgIpc) is 3.19. The number of nitro benzene ring substituents is 1. The van der Waals surface area contributed by atoms with Gasteiger partial charge >= 0.3 is 0 Å². The van der Waals surface area contributed by atoms with Crippen LogP contribution in [0.5, 0.6) is 0 Å². The molecule has 0 N–H and O–H groups in total. The van der Waals surface area contributed by atoms with Crippen LogP contribution in [0.4, 0.5) is 25.8 Å². The number of amides is 2. The Hall–Kier alpha value is -4.19. The van der Waals surface area contributed by atoms with Gasteiger partial charge in [-0.15, -0.1) is 0 Å². The molecule has 3 aromatic carbocycles. The molecule has 0 radical (unpaired) electrons. The maximum Gasteiger partial charge on any atom is 0.274 e. The molecule has 0 saturated carbocycles. The predicted octanol–water partition coefficient (Wildman–Crippen LogP) is 3.03. The monoisotopic (exact) mass is 499 g/mol. The molecule has 1 fully saturated rings. The first-order valence-electron chi connectivity index (χ1n) is 10.2. The second kappa shape index (κ2) is 7.67. The number of rotatable bonds is 4. The summed E-state index contributed by atoms with van der Waals surface area (Å²) in [6.07, 6.45) is 0. The molecule has 1 saturated heterocycles. The standard InChI is InChI=1S/C23H15F2N3O6S/c24-18-10-9-16(11-19(18)25)27-21(29)13-35(33,34)23(27)17-3-1-2-4-20(17)26(22(23)30)12-14-5-7-15(8-6-14)28(31)32/h1-11H,12-13H2. The van der Waals surface area contributed by atoms with Crippen molar-refractivity contribution in [1.82, 2.24) is 0 Å². The lowest BCUT2D eigenvalue weighted by Gasteiger charge is -2.32. The fourth-order valence-corrected chi connectivity index (χ4v) is 6.61. The average molecular weight is 499 g/mol. The lowest BCUT2D eigenvalue weighted by Crippen LogP contribution is -2.54. The van der Waals surface area contributed by atoms with Crippen LogP contribution in [0, 0.1) is 21.7 Å². The normalized spacial score (nSPS) is 20.5. The smallest absolute Gasteiger partial charge is 0.274 e. The van der Waals surface area contributed by atoms with E-state index in [9.17, 15) is 36.9 Å². The van der Waals surface area contributed by atoms with Crippen LogP contribution >= 0.6 is 0 Å². The Morgan fingerprint density at radius 1 is 0.971 bits per heavy atom. The van der Waals surface area contributed by atoms with Crippen LogP contribution in [0.3, 0.4) is 0 Å². The van der Waals surface area contributed by atoms with Gasteiger partial charge in [-0.3, -0.25) is 24.6 Å². The van der Waals surface area contributed by atoms with Gasteiger partial charge in [-0.05, 0) is 23.8 Å². The summed E-state index contributed by atoms with van der Waals surface area (Å²) in [5.74, 6) is -5.44. The second-order valence-corrected chi connectivity index (χ2v) is 10.2. The zero-order chi connectivity index (χ0) is 25.1. The molecule has 9 nitrogen and oxygen atoms in total. The van der Waals surface area contributed by atoms with Crippen molar-refractivity contribution in [2.45, 2.75) is 11.4 Å². The molecule has 2 heterocycles. The summed E-state index contributed by atoms with van der Waals surface area (Å²) in [5, 5.41) is 10.9. The molecule has 2 amide bonds. The van der Waals surface area contributed by atoms with Gasteiger partial charge in [-0.1, -0.05) is 30.3 Å². The zero-order valence-corrected chi connectivity index (χ0v) is 18.5. The van der Waals surface area contributed by atoms with E-state index in [1.54, 1.807) is 6.07 Å². The molecule has 0 aromatic heterocycles. The molecule has 0 aliphatic carbocycles. The number of hydrogen-bond acceptors (Lipinski definition) is 6. The summed E-state index contributed by atoms with van der Waals surface area (Å²) >= 11 is 0. The third kappa shape index (κ3) is 3.13. The number of fused-ring (bicyclic) bond motifs is 2. The molecule has 2 aliphatic rings. The minimum absolute atomic E-state index is 0.00231. The number of halogens is 2. The molecule has 2 aliphatic heterocycles. The van der Waals surface area contributed by atoms with E-state index in [0.29, 0.717) is 16.5 Å². The first-order chi connectivity index (χ1) is 16.6. The minimum Gasteiger partial charge on any atom is -0.304 e. The lowest BCUT2D eigenvalue weighted by atomic mass is 10.0. The Kier molecular flexibility index (Phi) is 4.95. The van der Waals surface area contributed by atoms with Gasteiger partial charge in [0.05, 0.1) is 17.2 Å². The molecule has 3 aromatic rings. The van der Waals surface area contributed by atoms with Gasteiger partial charge in [0, 0.05) is 29.4 Å². The number of nitrogens with zero attached hydrogens (tertiary/aromatic N) is 3. The largest absolute Gasteiger partial charge is 0.304 e. The maximum atomic E-state index is 14.1. The predicted molar refractivity (Wildman–Crippen MR) is 120 cm³/mol. The quantitative estimate of drug-likeness (QED) is 0.402. The Morgan fingerprint density at radius 3 is 2.31 bits per heavy atom. The summed E-state index contributed by atoms with van der Waals surface area (Å²) in [6, 6.07) is 13.8. The SMILES string of the molecule is O=C1CS(=O)(=O)C2(C(=O)N(Cc3ccc([N+](=O)[O-])cc3)c3ccccc32)N1c1ccc(F)c(F)c1. The van der Waals surface area contributed by atoms with E-state index in [2.05, 4.69) is 0 Å². The van der Waals surface area contributed by atoms with E-state index in [1.165, 1.54) is 47.4 Å². The number of hydrogen-bond donors (Lipinski definition) is 0. The first kappa shape index (κ1) is 22.6. The third-order valence-corrected chi connectivity index (χ3v) is 8.18. The minimum atomic E-state index is -4.48. The van der Waals surface area contributed by atoms with E-state index in [1.807, 2.05) is 0 Å². The number of sulfone groups is 1. The number of carbonyl (C=O) groups excluding carboxylic acids is 2. The van der Waals surface area contributed by atoms with E-state index in [0.717, 1.165) is 12.1 Å². The van der Waals surface area contributed by atoms with E-state index in [4.69, 9.17) is 0 Å². The number of para-hydroxylation sites is 1. The van der Waals surface area contributed by atoms with E-state index >= 15 is 0 Å². The Balaban J connectivity index is 1.68. The molecule has 1 spiro atoms. The van der Waals surface area contributed by atoms with Crippen LogP contribution in [0.2, 0.25) is 0 Å². The molecule has 1 atom stereocenters. The molecular weight excluding hydrogens is 484 g/mol. The second-order valence-electron chi connectivity index (χ2n) is 8.06. The molecule has 178 valence electrons. The van der Waals surface area contributed by atoms with Crippen LogP contribution in [0.15, 0.2) is 66.7 Å². The van der Waals surface area contributed by atoms with Crippen molar-refractivity contribution in [3.8, 4) is 0 Å². The van der Waals surface area contributed by atoms with Gasteiger partial charge in [0.15, 0.2) is 21.5 Å². The van der Waals surface area contributed by atoms with Crippen molar-refractivity contribution in [1.29, 1.82) is 0 Å². The molecule has 5 rings (SSSR count). The van der Waals surface area contributed by atoms with Crippen molar-refractivity contribution in [2.75, 3.05) is 15.6 Å². The number of non-ortho nitro benzene ring substituents is 1. The van der Waals surface area contributed by atoms with Gasteiger partial charge in [-0.2, -0.15) is 0 Å². The van der Waals surface area contributed by atoms with Crippen molar-refractivity contribution < 1.29 is 31.7 Å². The number of benzene rings is 3. The van der Waals surface area contributed by atoms with Gasteiger partial charge in [0.2, 0.25) is 5.91 Å². The van der Waals surface area contributed by atoms with E-state index in [-0.39, 0.29) is 29.2 Å². The topological polar surface area (TPSA) is 118 Å². The van der Waals surface area contributed by atoms with Gasteiger partial charge < -0.3 is 4.90 Å². The molecule has 12 heteroatoms. The highest BCUT2D eigenvalue weighted by Crippen LogP contribution is 2.52. The summed E-state index contributed by atoms with van der Waals surface area (Å²) in [4.78, 5) is 36.6. The van der Waals surface area contributed by atoms with Gasteiger partial charge in [-0.25, -0.2) is 17.2 Å². The number of carbonyl (C=O) groups is 2. The van der Waals surface area contributed by atoms with Crippen LogP contribution in [-0.4, -0.2) is 30.9 Å². The Morgan fingerprint density at radius 2 is 1.66 bits per heavy atom. The van der Waals surface area contributed by atoms with E-state index < -0.39 is 48.8 Å². The van der Waals surface area contributed by atoms with Gasteiger partial charge in [0.1, 0.15) is 5.75 Å². The number of anilines is 2. The molecule has 35 heavy (non-hydrogen) atoms. The lowest BCUT2D eigenvalue weighted by molar-refractivity contribution is -0.384. The fourth-order valence-electron chi connectivity index (χ4n) is 4.58. The fraction of sp³-hybridized carbons (Fsp3) is 0.130. The summed E-state index contributed by atoms with van der Waals surface area (Å²) in [7, 11) is -4.48. The van der Waals surface area contributed by atoms with Crippen molar-refractivity contribution in [3.63, 3.8) is 0 Å². The third-order valence-electron chi connectivity index (χ3n) is 6.07.